The van der Waals surface area contributed by atoms with Crippen LogP contribution in [-0.2, 0) is 15.9 Å². The van der Waals surface area contributed by atoms with Crippen molar-refractivity contribution in [1.29, 1.82) is 0 Å². The molecule has 0 amide bonds. The summed E-state index contributed by atoms with van der Waals surface area (Å²) in [5, 5.41) is 9.00. The molecule has 0 aliphatic heterocycles. The van der Waals surface area contributed by atoms with Crippen LogP contribution in [0.5, 0.6) is 0 Å². The lowest BCUT2D eigenvalue weighted by Crippen LogP contribution is -2.23. The number of hydrogen-bond acceptors (Lipinski definition) is 7. The van der Waals surface area contributed by atoms with Gasteiger partial charge in [-0.15, -0.1) is 5.10 Å². The molecule has 2 heterocycles. The number of hydrogen-bond donors (Lipinski definition) is 0. The van der Waals surface area contributed by atoms with Gasteiger partial charge >= 0.3 is 0 Å². The van der Waals surface area contributed by atoms with Crippen LogP contribution in [-0.4, -0.2) is 46.8 Å². The Morgan fingerprint density at radius 2 is 1.92 bits per heavy atom. The molecule has 8 nitrogen and oxygen atoms in total. The Morgan fingerprint density at radius 3 is 2.60 bits per heavy atom. The zero-order valence-electron chi connectivity index (χ0n) is 13.5. The summed E-state index contributed by atoms with van der Waals surface area (Å²) >= 11 is 1.26. The second-order valence-corrected chi connectivity index (χ2v) is 8.42. The van der Waals surface area contributed by atoms with Crippen LogP contribution in [0.25, 0.3) is 10.9 Å². The summed E-state index contributed by atoms with van der Waals surface area (Å²) in [4.78, 5) is 16.6. The second kappa shape index (κ2) is 6.90. The number of sulfonamides is 1. The van der Waals surface area contributed by atoms with Crippen molar-refractivity contribution < 1.29 is 8.42 Å². The van der Waals surface area contributed by atoms with Gasteiger partial charge in [0.2, 0.25) is 10.0 Å². The van der Waals surface area contributed by atoms with E-state index in [4.69, 9.17) is 0 Å². The van der Waals surface area contributed by atoms with Gasteiger partial charge in [0.25, 0.3) is 5.56 Å². The molecule has 2 aromatic heterocycles. The highest BCUT2D eigenvalue weighted by Crippen LogP contribution is 2.19. The molecule has 0 aliphatic rings. The zero-order valence-corrected chi connectivity index (χ0v) is 15.2. The lowest BCUT2D eigenvalue weighted by atomic mass is 10.2. The third-order valence-electron chi connectivity index (χ3n) is 3.45. The number of nitrogens with zero attached hydrogens (tertiary/aromatic N) is 5. The normalized spacial score (nSPS) is 12.0. The van der Waals surface area contributed by atoms with Gasteiger partial charge in [0.15, 0.2) is 0 Å². The third kappa shape index (κ3) is 3.55. The summed E-state index contributed by atoms with van der Waals surface area (Å²) in [7, 11) is -0.586. The van der Waals surface area contributed by atoms with Crippen molar-refractivity contribution in [1.82, 2.24) is 24.3 Å². The van der Waals surface area contributed by atoms with Crippen molar-refractivity contribution in [3.05, 3.63) is 52.9 Å². The summed E-state index contributed by atoms with van der Waals surface area (Å²) in [6.45, 7) is 0. The fourth-order valence-corrected chi connectivity index (χ4v) is 3.61. The Hall–Kier alpha value is -2.30. The maximum atomic E-state index is 12.4. The van der Waals surface area contributed by atoms with Gasteiger partial charge in [-0.25, -0.2) is 17.7 Å². The van der Waals surface area contributed by atoms with E-state index in [0.717, 1.165) is 4.31 Å². The van der Waals surface area contributed by atoms with Gasteiger partial charge in [-0.3, -0.25) is 4.79 Å². The van der Waals surface area contributed by atoms with E-state index in [2.05, 4.69) is 15.3 Å². The van der Waals surface area contributed by atoms with Crippen LogP contribution >= 0.6 is 11.8 Å². The van der Waals surface area contributed by atoms with Crippen LogP contribution in [0.3, 0.4) is 0 Å². The molecule has 130 valence electrons. The van der Waals surface area contributed by atoms with Gasteiger partial charge in [-0.1, -0.05) is 29.1 Å². The molecule has 0 spiro atoms. The molecule has 25 heavy (non-hydrogen) atoms. The number of thioether (sulfide) groups is 1. The van der Waals surface area contributed by atoms with E-state index in [1.54, 1.807) is 30.3 Å². The summed E-state index contributed by atoms with van der Waals surface area (Å²) in [6, 6.07) is 10.1. The summed E-state index contributed by atoms with van der Waals surface area (Å²) < 4.78 is 26.4. The monoisotopic (exact) mass is 377 g/mol. The smallest absolute Gasteiger partial charge is 0.267 e. The SMILES string of the molecule is CN(C)S(=O)(=O)c1ccc(SCn2nnc3ccccc3c2=O)nc1. The maximum absolute atomic E-state index is 12.4. The number of fused-ring (bicyclic) bond motifs is 1. The Bertz CT molecular complexity index is 1060. The molecule has 3 aromatic rings. The predicted molar refractivity (Wildman–Crippen MR) is 94.8 cm³/mol. The van der Waals surface area contributed by atoms with Crippen molar-refractivity contribution in [2.24, 2.45) is 0 Å². The summed E-state index contributed by atoms with van der Waals surface area (Å²) in [5.74, 6) is 0.226. The average Bonchev–Trinajstić information content (AvgIpc) is 2.61. The Labute approximate surface area is 148 Å². The van der Waals surface area contributed by atoms with Crippen molar-refractivity contribution in [3.63, 3.8) is 0 Å². The molecule has 0 fully saturated rings. The van der Waals surface area contributed by atoms with Gasteiger partial charge in [0, 0.05) is 20.3 Å². The highest BCUT2D eigenvalue weighted by molar-refractivity contribution is 7.98. The van der Waals surface area contributed by atoms with E-state index in [1.165, 1.54) is 42.8 Å². The van der Waals surface area contributed by atoms with Gasteiger partial charge in [0.1, 0.15) is 10.4 Å². The minimum absolute atomic E-state index is 0.115. The first kappa shape index (κ1) is 17.5. The molecule has 1 aromatic carbocycles. The maximum Gasteiger partial charge on any atom is 0.278 e. The quantitative estimate of drug-likeness (QED) is 0.616. The Morgan fingerprint density at radius 1 is 1.16 bits per heavy atom. The average molecular weight is 377 g/mol. The van der Waals surface area contributed by atoms with Gasteiger partial charge in [-0.2, -0.15) is 4.68 Å². The van der Waals surface area contributed by atoms with Crippen molar-refractivity contribution in [2.75, 3.05) is 14.1 Å². The first-order chi connectivity index (χ1) is 11.9. The van der Waals surface area contributed by atoms with Gasteiger partial charge in [-0.05, 0) is 24.3 Å². The highest BCUT2D eigenvalue weighted by Gasteiger charge is 2.17. The first-order valence-corrected chi connectivity index (χ1v) is 9.66. The van der Waals surface area contributed by atoms with E-state index in [-0.39, 0.29) is 16.3 Å². The van der Waals surface area contributed by atoms with Gasteiger partial charge in [0.05, 0.1) is 16.3 Å². The lowest BCUT2D eigenvalue weighted by Gasteiger charge is -2.11. The van der Waals surface area contributed by atoms with Crippen LogP contribution in [0.2, 0.25) is 0 Å². The van der Waals surface area contributed by atoms with E-state index in [0.29, 0.717) is 15.9 Å². The van der Waals surface area contributed by atoms with Gasteiger partial charge < -0.3 is 0 Å². The number of rotatable bonds is 5. The lowest BCUT2D eigenvalue weighted by molar-refractivity contribution is 0.520. The molecule has 10 heteroatoms. The van der Waals surface area contributed by atoms with Crippen LogP contribution in [0.15, 0.2) is 57.3 Å². The van der Waals surface area contributed by atoms with Crippen LogP contribution < -0.4 is 5.56 Å². The predicted octanol–water partition coefficient (Wildman–Crippen LogP) is 1.19. The third-order valence-corrected chi connectivity index (χ3v) is 6.16. The standard InChI is InChI=1S/C15H15N5O3S2/c1-19(2)25(22,23)11-7-8-14(16-9-11)24-10-20-15(21)12-5-3-4-6-13(12)17-18-20/h3-9H,10H2,1-2H3. The Balaban J connectivity index is 1.78. The number of pyridine rings is 1. The van der Waals surface area contributed by atoms with E-state index in [9.17, 15) is 13.2 Å². The summed E-state index contributed by atoms with van der Waals surface area (Å²) in [5.41, 5.74) is 0.315. The molecule has 0 radical (unpaired) electrons. The Kier molecular flexibility index (Phi) is 4.84. The molecule has 0 aliphatic carbocycles. The molecular formula is C15H15N5O3S2. The fraction of sp³-hybridized carbons (Fsp3) is 0.200. The fourth-order valence-electron chi connectivity index (χ4n) is 2.05. The van der Waals surface area contributed by atoms with Crippen LogP contribution in [0.1, 0.15) is 0 Å². The van der Waals surface area contributed by atoms with Crippen molar-refractivity contribution in [3.8, 4) is 0 Å². The minimum Gasteiger partial charge on any atom is -0.267 e. The summed E-state index contributed by atoms with van der Waals surface area (Å²) in [6.07, 6.45) is 1.30. The molecule has 0 saturated carbocycles. The largest absolute Gasteiger partial charge is 0.278 e. The molecule has 0 unspecified atom stereocenters. The minimum atomic E-state index is -3.51. The molecule has 0 saturated heterocycles. The molecule has 0 atom stereocenters. The molecule has 0 bridgehead atoms. The van der Waals surface area contributed by atoms with Crippen LogP contribution in [0, 0.1) is 0 Å². The van der Waals surface area contributed by atoms with E-state index in [1.807, 2.05) is 0 Å². The second-order valence-electron chi connectivity index (χ2n) is 5.30. The molecule has 0 N–H and O–H groups in total. The topological polar surface area (TPSA) is 98.0 Å². The highest BCUT2D eigenvalue weighted by atomic mass is 32.2. The van der Waals surface area contributed by atoms with Crippen molar-refractivity contribution in [2.45, 2.75) is 15.8 Å². The van der Waals surface area contributed by atoms with E-state index < -0.39 is 10.0 Å². The van der Waals surface area contributed by atoms with Crippen molar-refractivity contribution >= 4 is 32.7 Å². The number of aromatic nitrogens is 4. The first-order valence-electron chi connectivity index (χ1n) is 7.23. The molecule has 3 rings (SSSR count). The molecular weight excluding hydrogens is 362 g/mol. The zero-order chi connectivity index (χ0) is 18.0. The van der Waals surface area contributed by atoms with E-state index >= 15 is 0 Å². The number of benzene rings is 1. The van der Waals surface area contributed by atoms with Crippen LogP contribution in [0.4, 0.5) is 0 Å².